The molecule has 1 aromatic heterocycles. The summed E-state index contributed by atoms with van der Waals surface area (Å²) in [4.78, 5) is 24.7. The Morgan fingerprint density at radius 3 is 2.81 bits per heavy atom. The van der Waals surface area contributed by atoms with Gasteiger partial charge in [0, 0.05) is 19.8 Å². The molecule has 0 saturated carbocycles. The third kappa shape index (κ3) is 3.83. The smallest absolute Gasteiger partial charge is 0.321 e. The molecular formula is C15H21NO4S. The van der Waals surface area contributed by atoms with E-state index in [1.807, 2.05) is 11.4 Å². The monoisotopic (exact) mass is 311 g/mol. The van der Waals surface area contributed by atoms with Crippen LogP contribution >= 0.6 is 11.3 Å². The molecular weight excluding hydrogens is 290 g/mol. The molecule has 1 fully saturated rings. The van der Waals surface area contributed by atoms with Crippen molar-refractivity contribution in [3.63, 3.8) is 0 Å². The largest absolute Gasteiger partial charge is 0.465 e. The average molecular weight is 311 g/mol. The molecule has 0 bridgehead atoms. The van der Waals surface area contributed by atoms with E-state index in [9.17, 15) is 9.59 Å². The van der Waals surface area contributed by atoms with E-state index in [2.05, 4.69) is 10.7 Å². The molecule has 0 radical (unpaired) electrons. The van der Waals surface area contributed by atoms with Crippen LogP contribution in [-0.4, -0.2) is 38.2 Å². The summed E-state index contributed by atoms with van der Waals surface area (Å²) in [5, 5.41) is 6.95. The van der Waals surface area contributed by atoms with E-state index >= 15 is 0 Å². The van der Waals surface area contributed by atoms with Crippen LogP contribution in [0.1, 0.15) is 25.3 Å². The maximum absolute atomic E-state index is 12.5. The van der Waals surface area contributed by atoms with Crippen molar-refractivity contribution in [2.24, 2.45) is 5.41 Å². The van der Waals surface area contributed by atoms with Crippen LogP contribution in [0.25, 0.3) is 0 Å². The second-order valence-electron chi connectivity index (χ2n) is 5.05. The SMILES string of the molecule is CCOC(=O)C1(C(=O)NCCc2ccsc2)CCOCC1. The highest BCUT2D eigenvalue weighted by Crippen LogP contribution is 2.32. The van der Waals surface area contributed by atoms with Crippen LogP contribution in [0.15, 0.2) is 16.8 Å². The van der Waals surface area contributed by atoms with E-state index in [4.69, 9.17) is 9.47 Å². The van der Waals surface area contributed by atoms with Gasteiger partial charge in [-0.15, -0.1) is 0 Å². The van der Waals surface area contributed by atoms with Gasteiger partial charge in [-0.1, -0.05) is 0 Å². The van der Waals surface area contributed by atoms with E-state index in [0.29, 0.717) is 32.6 Å². The second kappa shape index (κ2) is 7.56. The number of amides is 1. The van der Waals surface area contributed by atoms with Gasteiger partial charge in [0.1, 0.15) is 0 Å². The maximum atomic E-state index is 12.5. The van der Waals surface area contributed by atoms with E-state index in [-0.39, 0.29) is 12.5 Å². The summed E-state index contributed by atoms with van der Waals surface area (Å²) in [5.74, 6) is -0.666. The molecule has 2 rings (SSSR count). The van der Waals surface area contributed by atoms with Crippen LogP contribution in [0.4, 0.5) is 0 Å². The lowest BCUT2D eigenvalue weighted by atomic mass is 9.79. The van der Waals surface area contributed by atoms with Gasteiger partial charge < -0.3 is 14.8 Å². The van der Waals surface area contributed by atoms with E-state index < -0.39 is 11.4 Å². The molecule has 116 valence electrons. The first-order valence-corrected chi connectivity index (χ1v) is 8.17. The number of nitrogens with one attached hydrogen (secondary N) is 1. The summed E-state index contributed by atoms with van der Waals surface area (Å²) in [5.41, 5.74) is 0.112. The molecule has 1 aliphatic heterocycles. The van der Waals surface area contributed by atoms with Gasteiger partial charge in [-0.3, -0.25) is 9.59 Å². The molecule has 0 aromatic carbocycles. The van der Waals surface area contributed by atoms with Crippen molar-refractivity contribution >= 4 is 23.2 Å². The fraction of sp³-hybridized carbons (Fsp3) is 0.600. The Kier molecular flexibility index (Phi) is 5.76. The zero-order chi connectivity index (χ0) is 15.1. The summed E-state index contributed by atoms with van der Waals surface area (Å²) in [6.45, 7) is 3.38. The lowest BCUT2D eigenvalue weighted by molar-refractivity contribution is -0.167. The predicted molar refractivity (Wildman–Crippen MR) is 80.2 cm³/mol. The Morgan fingerprint density at radius 1 is 1.43 bits per heavy atom. The van der Waals surface area contributed by atoms with E-state index in [0.717, 1.165) is 6.42 Å². The van der Waals surface area contributed by atoms with Gasteiger partial charge >= 0.3 is 5.97 Å². The molecule has 1 aromatic rings. The summed E-state index contributed by atoms with van der Waals surface area (Å²) in [6, 6.07) is 2.03. The maximum Gasteiger partial charge on any atom is 0.321 e. The van der Waals surface area contributed by atoms with Crippen LogP contribution in [0.3, 0.4) is 0 Å². The lowest BCUT2D eigenvalue weighted by Gasteiger charge is -2.33. The van der Waals surface area contributed by atoms with Crippen LogP contribution in [0.2, 0.25) is 0 Å². The van der Waals surface area contributed by atoms with E-state index in [1.165, 1.54) is 5.56 Å². The van der Waals surface area contributed by atoms with Crippen LogP contribution in [-0.2, 0) is 25.5 Å². The first-order valence-electron chi connectivity index (χ1n) is 7.23. The van der Waals surface area contributed by atoms with Crippen molar-refractivity contribution in [1.29, 1.82) is 0 Å². The molecule has 21 heavy (non-hydrogen) atoms. The number of esters is 1. The van der Waals surface area contributed by atoms with Crippen LogP contribution in [0.5, 0.6) is 0 Å². The van der Waals surface area contributed by atoms with Crippen LogP contribution < -0.4 is 5.32 Å². The molecule has 0 aliphatic carbocycles. The number of carbonyl (C=O) groups excluding carboxylic acids is 2. The number of hydrogen-bond acceptors (Lipinski definition) is 5. The number of thiophene rings is 1. The molecule has 1 N–H and O–H groups in total. The third-order valence-corrected chi connectivity index (χ3v) is 4.46. The molecule has 0 unspecified atom stereocenters. The minimum Gasteiger partial charge on any atom is -0.465 e. The zero-order valence-corrected chi connectivity index (χ0v) is 13.0. The van der Waals surface area contributed by atoms with Crippen molar-refractivity contribution < 1.29 is 19.1 Å². The van der Waals surface area contributed by atoms with Gasteiger partial charge in [0.25, 0.3) is 0 Å². The van der Waals surface area contributed by atoms with Crippen molar-refractivity contribution in [2.75, 3.05) is 26.4 Å². The molecule has 2 heterocycles. The lowest BCUT2D eigenvalue weighted by Crippen LogP contribution is -2.51. The van der Waals surface area contributed by atoms with Crippen molar-refractivity contribution in [1.82, 2.24) is 5.32 Å². The number of hydrogen-bond donors (Lipinski definition) is 1. The highest BCUT2D eigenvalue weighted by Gasteiger charge is 2.48. The normalized spacial score (nSPS) is 17.2. The molecule has 1 saturated heterocycles. The quantitative estimate of drug-likeness (QED) is 0.642. The molecule has 0 atom stereocenters. The summed E-state index contributed by atoms with van der Waals surface area (Å²) in [7, 11) is 0. The Morgan fingerprint density at radius 2 is 2.19 bits per heavy atom. The molecule has 1 aliphatic rings. The minimum atomic E-state index is -1.08. The Labute approximate surface area is 128 Å². The minimum absolute atomic E-state index is 0.237. The fourth-order valence-corrected chi connectivity index (χ4v) is 3.14. The van der Waals surface area contributed by atoms with Gasteiger partial charge in [-0.25, -0.2) is 0 Å². The zero-order valence-electron chi connectivity index (χ0n) is 12.2. The number of ether oxygens (including phenoxy) is 2. The van der Waals surface area contributed by atoms with Gasteiger partial charge in [0.2, 0.25) is 5.91 Å². The Balaban J connectivity index is 1.95. The number of rotatable bonds is 6. The molecule has 6 heteroatoms. The van der Waals surface area contributed by atoms with Crippen LogP contribution in [0, 0.1) is 5.41 Å². The Hall–Kier alpha value is -1.40. The van der Waals surface area contributed by atoms with Crippen molar-refractivity contribution in [2.45, 2.75) is 26.2 Å². The summed E-state index contributed by atoms with van der Waals surface area (Å²) >= 11 is 1.63. The highest BCUT2D eigenvalue weighted by molar-refractivity contribution is 7.07. The van der Waals surface area contributed by atoms with E-state index in [1.54, 1.807) is 18.3 Å². The Bertz CT molecular complexity index is 466. The predicted octanol–water partition coefficient (Wildman–Crippen LogP) is 1.77. The topological polar surface area (TPSA) is 64.6 Å². The van der Waals surface area contributed by atoms with Gasteiger partial charge in [0.05, 0.1) is 6.61 Å². The van der Waals surface area contributed by atoms with Crippen molar-refractivity contribution in [3.8, 4) is 0 Å². The standard InChI is InChI=1S/C15H21NO4S/c1-2-20-14(18)15(5-8-19-9-6-15)13(17)16-7-3-12-4-10-21-11-12/h4,10-11H,2-3,5-9H2,1H3,(H,16,17). The second-order valence-corrected chi connectivity index (χ2v) is 5.83. The highest BCUT2D eigenvalue weighted by atomic mass is 32.1. The summed E-state index contributed by atoms with van der Waals surface area (Å²) < 4.78 is 10.4. The van der Waals surface area contributed by atoms with Gasteiger partial charge in [-0.2, -0.15) is 11.3 Å². The van der Waals surface area contributed by atoms with Crippen molar-refractivity contribution in [3.05, 3.63) is 22.4 Å². The first kappa shape index (κ1) is 16.0. The molecule has 0 spiro atoms. The third-order valence-electron chi connectivity index (χ3n) is 3.73. The van der Waals surface area contributed by atoms with Gasteiger partial charge in [-0.05, 0) is 48.6 Å². The van der Waals surface area contributed by atoms with Gasteiger partial charge in [0.15, 0.2) is 5.41 Å². The number of carbonyl (C=O) groups is 2. The molecule has 5 nitrogen and oxygen atoms in total. The fourth-order valence-electron chi connectivity index (χ4n) is 2.44. The first-order chi connectivity index (χ1) is 10.2. The molecule has 1 amide bonds. The average Bonchev–Trinajstić information content (AvgIpc) is 3.01. The summed E-state index contributed by atoms with van der Waals surface area (Å²) in [6.07, 6.45) is 1.54.